The van der Waals surface area contributed by atoms with Gasteiger partial charge in [0.15, 0.2) is 0 Å². The fourth-order valence-electron chi connectivity index (χ4n) is 2.74. The second-order valence-corrected chi connectivity index (χ2v) is 5.35. The highest BCUT2D eigenvalue weighted by Gasteiger charge is 2.22. The van der Waals surface area contributed by atoms with E-state index in [9.17, 15) is 0 Å². The molecule has 0 aliphatic heterocycles. The molecule has 0 amide bonds. The van der Waals surface area contributed by atoms with E-state index >= 15 is 0 Å². The van der Waals surface area contributed by atoms with Crippen LogP contribution in [-0.2, 0) is 4.74 Å². The van der Waals surface area contributed by atoms with Crippen molar-refractivity contribution in [2.24, 2.45) is 5.73 Å². The van der Waals surface area contributed by atoms with Gasteiger partial charge in [-0.3, -0.25) is 5.41 Å². The Morgan fingerprint density at radius 2 is 2.00 bits per heavy atom. The fourth-order valence-corrected chi connectivity index (χ4v) is 2.74. The minimum absolute atomic E-state index is 0.0726. The van der Waals surface area contributed by atoms with Gasteiger partial charge in [-0.05, 0) is 38.3 Å². The first-order valence-corrected chi connectivity index (χ1v) is 7.54. The first-order chi connectivity index (χ1) is 9.96. The molecule has 3 N–H and O–H groups in total. The molecule has 0 unspecified atom stereocenters. The van der Waals surface area contributed by atoms with Gasteiger partial charge in [-0.15, -0.1) is 0 Å². The van der Waals surface area contributed by atoms with Crippen molar-refractivity contribution in [2.45, 2.75) is 46.6 Å². The number of pyridine rings is 1. The lowest BCUT2D eigenvalue weighted by Crippen LogP contribution is -2.39. The molecule has 0 atom stereocenters. The summed E-state index contributed by atoms with van der Waals surface area (Å²) in [5, 5.41) is 7.89. The lowest BCUT2D eigenvalue weighted by Gasteiger charge is -2.33. The van der Waals surface area contributed by atoms with E-state index in [2.05, 4.69) is 23.7 Å². The summed E-state index contributed by atoms with van der Waals surface area (Å²) in [5.74, 6) is 0.883. The molecular formula is C16H28N4O. The van der Waals surface area contributed by atoms with Crippen LogP contribution in [0.5, 0.6) is 0 Å². The van der Waals surface area contributed by atoms with Gasteiger partial charge in [0.05, 0.1) is 12.2 Å². The third-order valence-electron chi connectivity index (χ3n) is 3.79. The highest BCUT2D eigenvalue weighted by Crippen LogP contribution is 2.25. The Bertz CT molecular complexity index is 483. The lowest BCUT2D eigenvalue weighted by molar-refractivity contribution is 0.202. The maximum absolute atomic E-state index is 7.89. The van der Waals surface area contributed by atoms with E-state index < -0.39 is 0 Å². The average Bonchev–Trinajstić information content (AvgIpc) is 2.42. The maximum Gasteiger partial charge on any atom is 0.140 e. The van der Waals surface area contributed by atoms with Crippen molar-refractivity contribution in [1.29, 1.82) is 5.41 Å². The zero-order valence-electron chi connectivity index (χ0n) is 13.9. The monoisotopic (exact) mass is 292 g/mol. The molecule has 5 nitrogen and oxygen atoms in total. The van der Waals surface area contributed by atoms with Gasteiger partial charge in [0.2, 0.25) is 0 Å². The number of nitrogen functional groups attached to an aromatic ring is 1. The molecule has 1 rings (SSSR count). The Kier molecular flexibility index (Phi) is 6.62. The van der Waals surface area contributed by atoms with Crippen LogP contribution in [0.2, 0.25) is 0 Å². The molecule has 0 aromatic carbocycles. The molecule has 0 saturated carbocycles. The quantitative estimate of drug-likeness (QED) is 0.570. The van der Waals surface area contributed by atoms with Crippen molar-refractivity contribution in [3.63, 3.8) is 0 Å². The first-order valence-electron chi connectivity index (χ1n) is 7.54. The number of methoxy groups -OCH3 is 1. The smallest absolute Gasteiger partial charge is 0.140 e. The summed E-state index contributed by atoms with van der Waals surface area (Å²) in [6.07, 6.45) is 2.04. The number of hydrogen-bond donors (Lipinski definition) is 2. The molecule has 1 aromatic heterocycles. The second kappa shape index (κ2) is 7.98. The van der Waals surface area contributed by atoms with Crippen LogP contribution in [0.1, 0.15) is 43.5 Å². The zero-order chi connectivity index (χ0) is 16.0. The molecule has 118 valence electrons. The summed E-state index contributed by atoms with van der Waals surface area (Å²) < 4.78 is 5.24. The SMILES string of the molecule is CCC(CC)N(CCOC)c1nc(C)cc(C)c1C(=N)N. The number of rotatable bonds is 8. The number of hydrogen-bond acceptors (Lipinski definition) is 4. The van der Waals surface area contributed by atoms with Gasteiger partial charge in [-0.1, -0.05) is 13.8 Å². The summed E-state index contributed by atoms with van der Waals surface area (Å²) >= 11 is 0. The van der Waals surface area contributed by atoms with Crippen LogP contribution in [0.25, 0.3) is 0 Å². The van der Waals surface area contributed by atoms with Gasteiger partial charge in [0.1, 0.15) is 11.7 Å². The minimum atomic E-state index is 0.0726. The molecular weight excluding hydrogens is 264 g/mol. The normalized spacial score (nSPS) is 11.0. The van der Waals surface area contributed by atoms with Crippen LogP contribution >= 0.6 is 0 Å². The number of nitrogens with one attached hydrogen (secondary N) is 1. The van der Waals surface area contributed by atoms with Crippen molar-refractivity contribution in [3.8, 4) is 0 Å². The molecule has 0 aliphatic carbocycles. The predicted molar refractivity (Wildman–Crippen MR) is 88.3 cm³/mol. The van der Waals surface area contributed by atoms with Crippen LogP contribution in [0.15, 0.2) is 6.07 Å². The van der Waals surface area contributed by atoms with Crippen molar-refractivity contribution in [1.82, 2.24) is 4.98 Å². The number of nitrogens with two attached hydrogens (primary N) is 1. The Balaban J connectivity index is 3.37. The second-order valence-electron chi connectivity index (χ2n) is 5.35. The van der Waals surface area contributed by atoms with Crippen LogP contribution < -0.4 is 10.6 Å². The number of ether oxygens (including phenoxy) is 1. The van der Waals surface area contributed by atoms with E-state index in [-0.39, 0.29) is 5.84 Å². The Morgan fingerprint density at radius 3 is 2.48 bits per heavy atom. The van der Waals surface area contributed by atoms with E-state index in [1.165, 1.54) is 0 Å². The van der Waals surface area contributed by atoms with E-state index in [0.717, 1.165) is 42.0 Å². The average molecular weight is 292 g/mol. The summed E-state index contributed by atoms with van der Waals surface area (Å²) in [7, 11) is 1.70. The topological polar surface area (TPSA) is 75.2 Å². The van der Waals surface area contributed by atoms with E-state index in [0.29, 0.717) is 12.6 Å². The number of amidine groups is 1. The van der Waals surface area contributed by atoms with E-state index in [1.807, 2.05) is 19.9 Å². The number of aromatic nitrogens is 1. The third kappa shape index (κ3) is 4.17. The van der Waals surface area contributed by atoms with Crippen molar-refractivity contribution < 1.29 is 4.74 Å². The van der Waals surface area contributed by atoms with Gasteiger partial charge < -0.3 is 15.4 Å². The molecule has 0 bridgehead atoms. The van der Waals surface area contributed by atoms with Crippen LogP contribution in [0, 0.1) is 19.3 Å². The van der Waals surface area contributed by atoms with Crippen molar-refractivity contribution >= 4 is 11.7 Å². The lowest BCUT2D eigenvalue weighted by atomic mass is 10.0. The van der Waals surface area contributed by atoms with E-state index in [4.69, 9.17) is 15.9 Å². The van der Waals surface area contributed by atoms with Gasteiger partial charge in [-0.2, -0.15) is 0 Å². The Labute approximate surface area is 128 Å². The molecule has 0 spiro atoms. The summed E-state index contributed by atoms with van der Waals surface area (Å²) in [6.45, 7) is 9.67. The van der Waals surface area contributed by atoms with E-state index in [1.54, 1.807) is 7.11 Å². The van der Waals surface area contributed by atoms with Gasteiger partial charge in [0, 0.05) is 25.4 Å². The number of anilines is 1. The van der Waals surface area contributed by atoms with Gasteiger partial charge in [-0.25, -0.2) is 4.98 Å². The molecule has 1 heterocycles. The number of aryl methyl sites for hydroxylation is 2. The molecule has 0 aliphatic rings. The third-order valence-corrected chi connectivity index (χ3v) is 3.79. The Morgan fingerprint density at radius 1 is 1.38 bits per heavy atom. The highest BCUT2D eigenvalue weighted by molar-refractivity contribution is 6.01. The summed E-state index contributed by atoms with van der Waals surface area (Å²) in [5.41, 5.74) is 8.48. The van der Waals surface area contributed by atoms with Crippen LogP contribution in [-0.4, -0.2) is 37.1 Å². The van der Waals surface area contributed by atoms with Crippen LogP contribution in [0.4, 0.5) is 5.82 Å². The molecule has 0 radical (unpaired) electrons. The first kappa shape index (κ1) is 17.4. The summed E-state index contributed by atoms with van der Waals surface area (Å²) in [6, 6.07) is 2.34. The minimum Gasteiger partial charge on any atom is -0.384 e. The van der Waals surface area contributed by atoms with Crippen LogP contribution in [0.3, 0.4) is 0 Å². The molecule has 0 fully saturated rings. The van der Waals surface area contributed by atoms with Crippen molar-refractivity contribution in [3.05, 3.63) is 22.9 Å². The molecule has 1 aromatic rings. The highest BCUT2D eigenvalue weighted by atomic mass is 16.5. The van der Waals surface area contributed by atoms with Gasteiger partial charge >= 0.3 is 0 Å². The van der Waals surface area contributed by atoms with Crippen molar-refractivity contribution in [2.75, 3.05) is 25.2 Å². The standard InChI is InChI=1S/C16H28N4O/c1-6-13(7-2)20(8-9-21-5)16-14(15(17)18)11(3)10-12(4)19-16/h10,13H,6-9H2,1-5H3,(H3,17,18). The van der Waals surface area contributed by atoms with Gasteiger partial charge in [0.25, 0.3) is 0 Å². The molecule has 0 saturated heterocycles. The number of nitrogens with zero attached hydrogens (tertiary/aromatic N) is 2. The largest absolute Gasteiger partial charge is 0.384 e. The zero-order valence-corrected chi connectivity index (χ0v) is 13.9. The molecule has 21 heavy (non-hydrogen) atoms. The summed E-state index contributed by atoms with van der Waals surface area (Å²) in [4.78, 5) is 6.91. The predicted octanol–water partition coefficient (Wildman–Crippen LogP) is 2.62. The maximum atomic E-state index is 7.89. The fraction of sp³-hybridized carbons (Fsp3) is 0.625. The molecule has 5 heteroatoms. The Hall–Kier alpha value is -1.62.